The Morgan fingerprint density at radius 1 is 1.24 bits per heavy atom. The van der Waals surface area contributed by atoms with Crippen molar-refractivity contribution in [2.45, 2.75) is 18.9 Å². The molecule has 0 unspecified atom stereocenters. The summed E-state index contributed by atoms with van der Waals surface area (Å²) in [5.41, 5.74) is 1.09. The van der Waals surface area contributed by atoms with E-state index in [-0.39, 0.29) is 17.7 Å². The lowest BCUT2D eigenvalue weighted by Crippen LogP contribution is -2.41. The number of likely N-dealkylation sites (tertiary alicyclic amines) is 1. The summed E-state index contributed by atoms with van der Waals surface area (Å²) in [6.45, 7) is 1.07. The summed E-state index contributed by atoms with van der Waals surface area (Å²) >= 11 is 1.49. The Hall–Kier alpha value is -3.20. The van der Waals surface area contributed by atoms with Crippen LogP contribution in [0.2, 0.25) is 0 Å². The first kappa shape index (κ1) is 19.1. The summed E-state index contributed by atoms with van der Waals surface area (Å²) in [6.07, 6.45) is 1.34. The molecule has 1 aliphatic heterocycles. The molecule has 1 aromatic heterocycles. The van der Waals surface area contributed by atoms with E-state index in [9.17, 15) is 14.9 Å². The predicted molar refractivity (Wildman–Crippen MR) is 109 cm³/mol. The highest BCUT2D eigenvalue weighted by Crippen LogP contribution is 2.32. The van der Waals surface area contributed by atoms with E-state index < -0.39 is 4.92 Å². The van der Waals surface area contributed by atoms with E-state index in [4.69, 9.17) is 9.47 Å². The van der Waals surface area contributed by atoms with Crippen LogP contribution in [0.25, 0.3) is 10.2 Å². The fourth-order valence-corrected chi connectivity index (χ4v) is 4.18. The minimum Gasteiger partial charge on any atom is -0.497 e. The minimum atomic E-state index is -0.496. The number of carbonyl (C=O) groups excluding carboxylic acids is 1. The van der Waals surface area contributed by atoms with Gasteiger partial charge in [0.1, 0.15) is 11.9 Å². The van der Waals surface area contributed by atoms with Crippen molar-refractivity contribution in [1.82, 2.24) is 9.88 Å². The average Bonchev–Trinajstić information content (AvgIpc) is 3.15. The van der Waals surface area contributed by atoms with Crippen molar-refractivity contribution in [1.29, 1.82) is 0 Å². The number of hydrogen-bond acceptors (Lipinski definition) is 7. The third kappa shape index (κ3) is 4.14. The van der Waals surface area contributed by atoms with Gasteiger partial charge in [-0.1, -0.05) is 17.4 Å². The Kier molecular flexibility index (Phi) is 5.30. The molecule has 0 atom stereocenters. The number of rotatable bonds is 5. The van der Waals surface area contributed by atoms with Crippen LogP contribution in [0, 0.1) is 10.1 Å². The van der Waals surface area contributed by atoms with Crippen LogP contribution < -0.4 is 9.47 Å². The standard InChI is InChI=1S/C20H19N3O5S/c1-27-16-5-6-18-17(12-16)21-20(29-18)28-15-7-9-22(10-8-15)19(24)13-3-2-4-14(11-13)23(25)26/h2-6,11-12,15H,7-10H2,1H3. The van der Waals surface area contributed by atoms with E-state index in [1.165, 1.54) is 29.5 Å². The van der Waals surface area contributed by atoms with E-state index in [1.807, 2.05) is 18.2 Å². The normalized spacial score (nSPS) is 14.7. The zero-order chi connectivity index (χ0) is 20.4. The van der Waals surface area contributed by atoms with Crippen LogP contribution in [-0.4, -0.2) is 47.0 Å². The smallest absolute Gasteiger partial charge is 0.274 e. The minimum absolute atomic E-state index is 0.0217. The van der Waals surface area contributed by atoms with E-state index in [0.29, 0.717) is 36.7 Å². The summed E-state index contributed by atoms with van der Waals surface area (Å²) in [6, 6.07) is 11.6. The van der Waals surface area contributed by atoms with E-state index in [0.717, 1.165) is 16.0 Å². The Labute approximate surface area is 170 Å². The summed E-state index contributed by atoms with van der Waals surface area (Å²) in [4.78, 5) is 29.3. The third-order valence-corrected chi connectivity index (χ3v) is 5.80. The monoisotopic (exact) mass is 413 g/mol. The molecule has 0 radical (unpaired) electrons. The van der Waals surface area contributed by atoms with Gasteiger partial charge in [-0.3, -0.25) is 14.9 Å². The molecule has 0 bridgehead atoms. The number of non-ortho nitro benzene ring substituents is 1. The first-order chi connectivity index (χ1) is 14.0. The SMILES string of the molecule is COc1ccc2sc(OC3CCN(C(=O)c4cccc([N+](=O)[O-])c4)CC3)nc2c1. The number of aromatic nitrogens is 1. The molecule has 9 heteroatoms. The maximum atomic E-state index is 12.7. The maximum absolute atomic E-state index is 12.7. The summed E-state index contributed by atoms with van der Waals surface area (Å²) in [5, 5.41) is 11.5. The zero-order valence-electron chi connectivity index (χ0n) is 15.7. The van der Waals surface area contributed by atoms with Crippen LogP contribution in [-0.2, 0) is 0 Å². The molecule has 0 N–H and O–H groups in total. The van der Waals surface area contributed by atoms with Gasteiger partial charge >= 0.3 is 0 Å². The van der Waals surface area contributed by atoms with Gasteiger partial charge in [-0.25, -0.2) is 4.98 Å². The molecule has 0 spiro atoms. The fourth-order valence-electron chi connectivity index (χ4n) is 3.32. The van der Waals surface area contributed by atoms with Crippen molar-refractivity contribution in [3.05, 3.63) is 58.1 Å². The Bertz CT molecular complexity index is 1060. The number of nitrogens with zero attached hydrogens (tertiary/aromatic N) is 3. The van der Waals surface area contributed by atoms with Crippen LogP contribution in [0.5, 0.6) is 10.9 Å². The molecular formula is C20H19N3O5S. The lowest BCUT2D eigenvalue weighted by Gasteiger charge is -2.31. The molecule has 29 heavy (non-hydrogen) atoms. The number of nitro groups is 1. The molecule has 0 aliphatic carbocycles. The molecule has 0 saturated carbocycles. The van der Waals surface area contributed by atoms with Gasteiger partial charge in [0.05, 0.1) is 22.2 Å². The van der Waals surface area contributed by atoms with Gasteiger partial charge in [-0.15, -0.1) is 0 Å². The van der Waals surface area contributed by atoms with Crippen molar-refractivity contribution in [2.24, 2.45) is 0 Å². The molecule has 1 saturated heterocycles. The third-order valence-electron chi connectivity index (χ3n) is 4.88. The molecule has 4 rings (SSSR count). The highest BCUT2D eigenvalue weighted by Gasteiger charge is 2.26. The number of fused-ring (bicyclic) bond motifs is 1. The molecule has 1 aliphatic rings. The number of ether oxygens (including phenoxy) is 2. The lowest BCUT2D eigenvalue weighted by molar-refractivity contribution is -0.384. The van der Waals surface area contributed by atoms with Gasteiger partial charge in [0.2, 0.25) is 0 Å². The fraction of sp³-hybridized carbons (Fsp3) is 0.300. The summed E-state index contributed by atoms with van der Waals surface area (Å²) in [5.74, 6) is 0.557. The largest absolute Gasteiger partial charge is 0.497 e. The van der Waals surface area contributed by atoms with Crippen LogP contribution in [0.15, 0.2) is 42.5 Å². The summed E-state index contributed by atoms with van der Waals surface area (Å²) < 4.78 is 12.3. The number of benzene rings is 2. The first-order valence-electron chi connectivity index (χ1n) is 9.18. The Balaban J connectivity index is 1.37. The van der Waals surface area contributed by atoms with Crippen LogP contribution in [0.3, 0.4) is 0 Å². The molecule has 2 heterocycles. The van der Waals surface area contributed by atoms with Gasteiger partial charge in [-0.2, -0.15) is 0 Å². The molecular weight excluding hydrogens is 394 g/mol. The van der Waals surface area contributed by atoms with Gasteiger partial charge in [0.15, 0.2) is 0 Å². The van der Waals surface area contributed by atoms with Gasteiger partial charge < -0.3 is 14.4 Å². The number of piperidine rings is 1. The number of nitro benzene ring substituents is 1. The number of thiazole rings is 1. The van der Waals surface area contributed by atoms with E-state index in [1.54, 1.807) is 18.1 Å². The quantitative estimate of drug-likeness (QED) is 0.465. The molecule has 150 valence electrons. The molecule has 1 fully saturated rings. The molecule has 3 aromatic rings. The maximum Gasteiger partial charge on any atom is 0.274 e. The average molecular weight is 413 g/mol. The molecule has 1 amide bonds. The second-order valence-electron chi connectivity index (χ2n) is 6.73. The Morgan fingerprint density at radius 3 is 2.76 bits per heavy atom. The first-order valence-corrected chi connectivity index (χ1v) is 10.00. The second kappa shape index (κ2) is 8.04. The molecule has 8 nitrogen and oxygen atoms in total. The number of methoxy groups -OCH3 is 1. The molecule has 2 aromatic carbocycles. The van der Waals surface area contributed by atoms with Gasteiger partial charge in [-0.05, 0) is 18.2 Å². The summed E-state index contributed by atoms with van der Waals surface area (Å²) in [7, 11) is 1.62. The van der Waals surface area contributed by atoms with E-state index in [2.05, 4.69) is 4.98 Å². The van der Waals surface area contributed by atoms with Crippen molar-refractivity contribution < 1.29 is 19.2 Å². The van der Waals surface area contributed by atoms with Crippen molar-refractivity contribution in [3.63, 3.8) is 0 Å². The van der Waals surface area contributed by atoms with Crippen molar-refractivity contribution in [2.75, 3.05) is 20.2 Å². The van der Waals surface area contributed by atoms with Crippen molar-refractivity contribution >= 4 is 33.1 Å². The van der Waals surface area contributed by atoms with Crippen LogP contribution in [0.1, 0.15) is 23.2 Å². The van der Waals surface area contributed by atoms with E-state index >= 15 is 0 Å². The van der Waals surface area contributed by atoms with Gasteiger partial charge in [0, 0.05) is 49.7 Å². The predicted octanol–water partition coefficient (Wildman–Crippen LogP) is 3.90. The van der Waals surface area contributed by atoms with Gasteiger partial charge in [0.25, 0.3) is 16.8 Å². The van der Waals surface area contributed by atoms with Crippen LogP contribution in [0.4, 0.5) is 5.69 Å². The number of hydrogen-bond donors (Lipinski definition) is 0. The number of amides is 1. The van der Waals surface area contributed by atoms with Crippen LogP contribution >= 0.6 is 11.3 Å². The topological polar surface area (TPSA) is 94.8 Å². The van der Waals surface area contributed by atoms with Crippen molar-refractivity contribution in [3.8, 4) is 10.9 Å². The second-order valence-corrected chi connectivity index (χ2v) is 7.72. The highest BCUT2D eigenvalue weighted by atomic mass is 32.1. The lowest BCUT2D eigenvalue weighted by atomic mass is 10.1. The number of carbonyl (C=O) groups is 1. The highest BCUT2D eigenvalue weighted by molar-refractivity contribution is 7.20. The zero-order valence-corrected chi connectivity index (χ0v) is 16.6. The Morgan fingerprint density at radius 2 is 2.03 bits per heavy atom.